The van der Waals surface area contributed by atoms with Gasteiger partial charge in [-0.2, -0.15) is 0 Å². The zero-order chi connectivity index (χ0) is 28.4. The molecule has 14 heteroatoms. The Balaban J connectivity index is 1.53. The lowest BCUT2D eigenvalue weighted by Crippen LogP contribution is -2.49. The van der Waals surface area contributed by atoms with Crippen molar-refractivity contribution in [3.63, 3.8) is 0 Å². The molecule has 1 aromatic carbocycles. The van der Waals surface area contributed by atoms with Crippen LogP contribution in [0.4, 0.5) is 5.95 Å². The van der Waals surface area contributed by atoms with Gasteiger partial charge in [0.05, 0.1) is 45.1 Å². The number of β-amino-alcohol motifs (C(OH)–C–C–N with tert-alkyl or cyclic N) is 1. The van der Waals surface area contributed by atoms with E-state index in [0.717, 1.165) is 0 Å². The summed E-state index contributed by atoms with van der Waals surface area (Å²) in [5.41, 5.74) is 0.434. The van der Waals surface area contributed by atoms with Gasteiger partial charge >= 0.3 is 0 Å². The fourth-order valence-electron chi connectivity index (χ4n) is 4.74. The summed E-state index contributed by atoms with van der Waals surface area (Å²) in [6.07, 6.45) is 2.15. The second kappa shape index (κ2) is 11.1. The van der Waals surface area contributed by atoms with Crippen LogP contribution in [0.3, 0.4) is 0 Å². The predicted molar refractivity (Wildman–Crippen MR) is 145 cm³/mol. The van der Waals surface area contributed by atoms with Gasteiger partial charge in [-0.25, -0.2) is 18.4 Å². The van der Waals surface area contributed by atoms with Crippen molar-refractivity contribution in [3.8, 4) is 34.5 Å². The first-order chi connectivity index (χ1) is 19.2. The van der Waals surface area contributed by atoms with Crippen LogP contribution in [-0.2, 0) is 15.6 Å². The predicted octanol–water partition coefficient (Wildman–Crippen LogP) is 2.21. The van der Waals surface area contributed by atoms with Crippen molar-refractivity contribution in [2.24, 2.45) is 0 Å². The van der Waals surface area contributed by atoms with Gasteiger partial charge in [0.1, 0.15) is 28.7 Å². The number of ether oxygens (including phenoxy) is 3. The maximum absolute atomic E-state index is 13.9. The summed E-state index contributed by atoms with van der Waals surface area (Å²) in [5.74, 6) is 2.65. The molecule has 0 unspecified atom stereocenters. The molecule has 212 valence electrons. The average Bonchev–Trinajstić information content (AvgIpc) is 3.57. The monoisotopic (exact) mass is 570 g/mol. The molecule has 0 amide bonds. The Morgan fingerprint density at radius 3 is 2.30 bits per heavy atom. The van der Waals surface area contributed by atoms with Crippen LogP contribution in [0.25, 0.3) is 17.3 Å². The number of anilines is 1. The van der Waals surface area contributed by atoms with Gasteiger partial charge in [0.15, 0.2) is 27.2 Å². The van der Waals surface area contributed by atoms with Gasteiger partial charge in [-0.1, -0.05) is 6.07 Å². The second-order valence-electron chi connectivity index (χ2n) is 9.34. The number of aryl methyl sites for hydroxylation is 1. The Morgan fingerprint density at radius 2 is 1.70 bits per heavy atom. The van der Waals surface area contributed by atoms with Crippen molar-refractivity contribution in [2.45, 2.75) is 30.5 Å². The quantitative estimate of drug-likeness (QED) is 0.314. The van der Waals surface area contributed by atoms with Gasteiger partial charge in [0, 0.05) is 13.1 Å². The third kappa shape index (κ3) is 5.31. The number of hydrogen-bond donors (Lipinski definition) is 1. The minimum Gasteiger partial charge on any atom is -0.494 e. The highest BCUT2D eigenvalue weighted by Crippen LogP contribution is 2.37. The maximum atomic E-state index is 13.9. The summed E-state index contributed by atoms with van der Waals surface area (Å²) in [7, 11) is 0.647. The number of benzene rings is 1. The van der Waals surface area contributed by atoms with Crippen LogP contribution >= 0.6 is 0 Å². The highest BCUT2D eigenvalue weighted by molar-refractivity contribution is 7.91. The number of hydrogen-bond acceptors (Lipinski definition) is 12. The van der Waals surface area contributed by atoms with Crippen LogP contribution < -0.4 is 19.1 Å². The Bertz CT molecular complexity index is 1560. The molecule has 3 aromatic heterocycles. The largest absolute Gasteiger partial charge is 0.494 e. The lowest BCUT2D eigenvalue weighted by molar-refractivity contribution is 0.154. The molecule has 0 radical (unpaired) electrons. The van der Waals surface area contributed by atoms with E-state index in [-0.39, 0.29) is 31.2 Å². The molecule has 1 N–H and O–H groups in total. The molecule has 0 spiro atoms. The molecule has 4 heterocycles. The van der Waals surface area contributed by atoms with Gasteiger partial charge in [-0.3, -0.25) is 4.57 Å². The average molecular weight is 571 g/mol. The first-order valence-corrected chi connectivity index (χ1v) is 14.2. The molecule has 13 nitrogen and oxygen atoms in total. The van der Waals surface area contributed by atoms with Crippen molar-refractivity contribution < 1.29 is 32.2 Å². The number of para-hydroxylation sites is 1. The summed E-state index contributed by atoms with van der Waals surface area (Å²) >= 11 is 0. The number of sulfone groups is 1. The van der Waals surface area contributed by atoms with Crippen molar-refractivity contribution in [1.29, 1.82) is 0 Å². The normalized spacial score (nSPS) is 17.6. The van der Waals surface area contributed by atoms with E-state index in [1.807, 2.05) is 0 Å². The zero-order valence-electron chi connectivity index (χ0n) is 22.5. The van der Waals surface area contributed by atoms with Gasteiger partial charge in [0.2, 0.25) is 11.8 Å². The summed E-state index contributed by atoms with van der Waals surface area (Å²) in [4.78, 5) is 10.2. The standard InChI is InChI=1S/C26H30N6O7S/c1-16-8-9-22(39-16)25-30-29-23(32(25)24-20(37-3)6-5-7-21(24)38-4)15-40(34,35)19-10-17(33)13-31(14-19)26-27-11-18(36-2)12-28-26/h5-9,11-12,17,19,33H,10,13-15H2,1-4H3/t17-,19+/m1/s1. The summed E-state index contributed by atoms with van der Waals surface area (Å²) < 4.78 is 51.4. The number of nitrogens with zero attached hydrogens (tertiary/aromatic N) is 6. The lowest BCUT2D eigenvalue weighted by atomic mass is 10.1. The third-order valence-corrected chi connectivity index (χ3v) is 8.70. The molecule has 1 fully saturated rings. The summed E-state index contributed by atoms with van der Waals surface area (Å²) in [6.45, 7) is 2.10. The Hall–Kier alpha value is -4.17. The maximum Gasteiger partial charge on any atom is 0.225 e. The van der Waals surface area contributed by atoms with E-state index in [0.29, 0.717) is 40.4 Å². The highest BCUT2D eigenvalue weighted by atomic mass is 32.2. The molecule has 40 heavy (non-hydrogen) atoms. The summed E-state index contributed by atoms with van der Waals surface area (Å²) in [6, 6.07) is 8.75. The molecule has 2 atom stereocenters. The van der Waals surface area contributed by atoms with Crippen LogP contribution in [0, 0.1) is 6.92 Å². The number of aliphatic hydroxyl groups is 1. The first-order valence-electron chi connectivity index (χ1n) is 12.5. The minimum atomic E-state index is -3.87. The van der Waals surface area contributed by atoms with Gasteiger partial charge in [0.25, 0.3) is 0 Å². The van der Waals surface area contributed by atoms with Gasteiger partial charge < -0.3 is 28.6 Å². The fraction of sp³-hybridized carbons (Fsp3) is 0.385. The summed E-state index contributed by atoms with van der Waals surface area (Å²) in [5, 5.41) is 18.3. The van der Waals surface area contributed by atoms with E-state index in [9.17, 15) is 13.5 Å². The van der Waals surface area contributed by atoms with Crippen LogP contribution in [0.5, 0.6) is 17.2 Å². The van der Waals surface area contributed by atoms with E-state index in [2.05, 4.69) is 20.2 Å². The number of furan rings is 1. The molecule has 1 aliphatic heterocycles. The van der Waals surface area contributed by atoms with E-state index < -0.39 is 26.9 Å². The van der Waals surface area contributed by atoms with Crippen molar-refractivity contribution in [3.05, 3.63) is 54.3 Å². The molecular formula is C26H30N6O7S. The Kier molecular flexibility index (Phi) is 7.63. The van der Waals surface area contributed by atoms with E-state index in [4.69, 9.17) is 18.6 Å². The number of methoxy groups -OCH3 is 3. The molecule has 1 aliphatic rings. The molecule has 4 aromatic rings. The molecular weight excluding hydrogens is 540 g/mol. The number of aliphatic hydroxyl groups excluding tert-OH is 1. The smallest absolute Gasteiger partial charge is 0.225 e. The minimum absolute atomic E-state index is 0.0609. The Labute approximate surface area is 231 Å². The SMILES string of the molecule is COc1cnc(N2C[C@H](O)C[C@H](S(=O)(=O)Cc3nnc(-c4ccc(C)o4)n3-c3c(OC)cccc3OC)C2)nc1. The first kappa shape index (κ1) is 27.4. The van der Waals surface area contributed by atoms with Crippen LogP contribution in [0.1, 0.15) is 18.0 Å². The van der Waals surface area contributed by atoms with Crippen molar-refractivity contribution >= 4 is 15.8 Å². The molecule has 0 aliphatic carbocycles. The van der Waals surface area contributed by atoms with Gasteiger partial charge in [-0.15, -0.1) is 10.2 Å². The van der Waals surface area contributed by atoms with E-state index in [1.165, 1.54) is 33.7 Å². The van der Waals surface area contributed by atoms with E-state index in [1.54, 1.807) is 46.7 Å². The lowest BCUT2D eigenvalue weighted by Gasteiger charge is -2.35. The van der Waals surface area contributed by atoms with Crippen LogP contribution in [0.2, 0.25) is 0 Å². The molecule has 1 saturated heterocycles. The second-order valence-corrected chi connectivity index (χ2v) is 11.6. The fourth-order valence-corrected chi connectivity index (χ4v) is 6.44. The van der Waals surface area contributed by atoms with E-state index >= 15 is 0 Å². The zero-order valence-corrected chi connectivity index (χ0v) is 23.3. The number of piperidine rings is 1. The van der Waals surface area contributed by atoms with Crippen molar-refractivity contribution in [1.82, 2.24) is 24.7 Å². The highest BCUT2D eigenvalue weighted by Gasteiger charge is 2.37. The third-order valence-electron chi connectivity index (χ3n) is 6.68. The molecule has 5 rings (SSSR count). The number of rotatable bonds is 9. The number of aromatic nitrogens is 5. The van der Waals surface area contributed by atoms with Gasteiger partial charge in [-0.05, 0) is 37.6 Å². The van der Waals surface area contributed by atoms with Crippen molar-refractivity contribution in [2.75, 3.05) is 39.3 Å². The topological polar surface area (TPSA) is 155 Å². The molecule has 0 saturated carbocycles. The van der Waals surface area contributed by atoms with Crippen LogP contribution in [-0.4, -0.2) is 84.0 Å². The molecule has 0 bridgehead atoms. The Morgan fingerprint density at radius 1 is 1.00 bits per heavy atom. The van der Waals surface area contributed by atoms with Crippen LogP contribution in [0.15, 0.2) is 47.1 Å².